The first-order valence-electron chi connectivity index (χ1n) is 9.14. The maximum atomic E-state index is 13.1. The van der Waals surface area contributed by atoms with E-state index in [4.69, 9.17) is 4.74 Å². The second-order valence-corrected chi connectivity index (χ2v) is 8.27. The summed E-state index contributed by atoms with van der Waals surface area (Å²) in [6.45, 7) is 3.90. The number of amides is 2. The molecule has 1 aromatic rings. The van der Waals surface area contributed by atoms with Crippen molar-refractivity contribution in [1.82, 2.24) is 10.2 Å². The van der Waals surface area contributed by atoms with E-state index in [0.29, 0.717) is 24.9 Å². The molecule has 2 aliphatic heterocycles. The molecule has 2 heterocycles. The zero-order valence-electron chi connectivity index (χ0n) is 15.6. The Morgan fingerprint density at radius 2 is 2.07 bits per heavy atom. The highest BCUT2D eigenvalue weighted by atomic mass is 32.2. The highest BCUT2D eigenvalue weighted by molar-refractivity contribution is 8.00. The van der Waals surface area contributed by atoms with Crippen LogP contribution in [-0.4, -0.2) is 67.3 Å². The molecule has 0 radical (unpaired) electrons. The fraction of sp³-hybridized carbons (Fsp3) is 0.526. The molecule has 8 heteroatoms. The molecular formula is C19H25N3O4S. The Bertz CT molecular complexity index is 727. The van der Waals surface area contributed by atoms with Crippen molar-refractivity contribution in [1.29, 1.82) is 0 Å². The Hall–Kier alpha value is -2.06. The number of para-hydroxylation sites is 1. The van der Waals surface area contributed by atoms with Gasteiger partial charge in [-0.3, -0.25) is 19.3 Å². The normalized spacial score (nSPS) is 23.2. The first-order chi connectivity index (χ1) is 13.0. The Balaban J connectivity index is 1.77. The van der Waals surface area contributed by atoms with E-state index in [1.807, 2.05) is 29.2 Å². The molecule has 7 nitrogen and oxygen atoms in total. The lowest BCUT2D eigenvalue weighted by molar-refractivity contribution is -0.146. The SMILES string of the molecule is COC(=O)CC1C(=O)NCCN1CC(=O)N1CCC(C)Sc2ccccc21. The summed E-state index contributed by atoms with van der Waals surface area (Å²) in [5.41, 5.74) is 0.919. The number of benzene rings is 1. The number of hydrogen-bond donors (Lipinski definition) is 1. The number of nitrogens with zero attached hydrogens (tertiary/aromatic N) is 2. The Kier molecular flexibility index (Phi) is 6.38. The maximum absolute atomic E-state index is 13.1. The van der Waals surface area contributed by atoms with Crippen LogP contribution in [0.3, 0.4) is 0 Å². The number of esters is 1. The zero-order valence-corrected chi connectivity index (χ0v) is 16.5. The average Bonchev–Trinajstić information content (AvgIpc) is 2.82. The van der Waals surface area contributed by atoms with Crippen LogP contribution in [0.4, 0.5) is 5.69 Å². The number of methoxy groups -OCH3 is 1. The minimum absolute atomic E-state index is 0.0540. The van der Waals surface area contributed by atoms with Gasteiger partial charge < -0.3 is 15.0 Å². The van der Waals surface area contributed by atoms with Crippen molar-refractivity contribution >= 4 is 35.2 Å². The van der Waals surface area contributed by atoms with Crippen molar-refractivity contribution < 1.29 is 19.1 Å². The van der Waals surface area contributed by atoms with E-state index in [-0.39, 0.29) is 24.8 Å². The van der Waals surface area contributed by atoms with Crippen LogP contribution in [0.5, 0.6) is 0 Å². The van der Waals surface area contributed by atoms with Crippen molar-refractivity contribution in [3.05, 3.63) is 24.3 Å². The monoisotopic (exact) mass is 391 g/mol. The number of thioether (sulfide) groups is 1. The summed E-state index contributed by atoms with van der Waals surface area (Å²) >= 11 is 1.78. The third-order valence-corrected chi connectivity index (χ3v) is 6.15. The Morgan fingerprint density at radius 3 is 2.85 bits per heavy atom. The van der Waals surface area contributed by atoms with Crippen molar-refractivity contribution in [2.45, 2.75) is 36.0 Å². The van der Waals surface area contributed by atoms with Gasteiger partial charge in [-0.25, -0.2) is 0 Å². The van der Waals surface area contributed by atoms with E-state index in [1.54, 1.807) is 16.7 Å². The van der Waals surface area contributed by atoms with Crippen LogP contribution in [0.15, 0.2) is 29.2 Å². The average molecular weight is 391 g/mol. The van der Waals surface area contributed by atoms with Crippen LogP contribution in [0.2, 0.25) is 0 Å². The van der Waals surface area contributed by atoms with Crippen molar-refractivity contribution in [3.8, 4) is 0 Å². The zero-order chi connectivity index (χ0) is 19.4. The molecule has 0 aromatic heterocycles. The molecule has 0 spiro atoms. The van der Waals surface area contributed by atoms with E-state index >= 15 is 0 Å². The Labute approximate surface area is 163 Å². The largest absolute Gasteiger partial charge is 0.469 e. The van der Waals surface area contributed by atoms with Crippen LogP contribution in [0, 0.1) is 0 Å². The Morgan fingerprint density at radius 1 is 1.30 bits per heavy atom. The number of carbonyl (C=O) groups is 3. The summed E-state index contributed by atoms with van der Waals surface area (Å²) in [6, 6.07) is 7.24. The van der Waals surface area contributed by atoms with Gasteiger partial charge >= 0.3 is 5.97 Å². The van der Waals surface area contributed by atoms with Crippen LogP contribution >= 0.6 is 11.8 Å². The van der Waals surface area contributed by atoms with Gasteiger partial charge in [-0.05, 0) is 18.6 Å². The van der Waals surface area contributed by atoms with Crippen LogP contribution in [0.1, 0.15) is 19.8 Å². The van der Waals surface area contributed by atoms with Gasteiger partial charge in [-0.15, -0.1) is 11.8 Å². The standard InChI is InChI=1S/C19H25N3O4S/c1-13-7-9-22(14-5-3-4-6-16(14)27-13)17(23)12-21-10-8-20-19(25)15(21)11-18(24)26-2/h3-6,13,15H,7-12H2,1-2H3,(H,20,25). The summed E-state index contributed by atoms with van der Waals surface area (Å²) in [5, 5.41) is 3.19. The van der Waals surface area contributed by atoms with Crippen LogP contribution in [-0.2, 0) is 19.1 Å². The van der Waals surface area contributed by atoms with Gasteiger partial charge in [-0.2, -0.15) is 0 Å². The molecule has 2 atom stereocenters. The summed E-state index contributed by atoms with van der Waals surface area (Å²) < 4.78 is 4.70. The smallest absolute Gasteiger partial charge is 0.307 e. The number of rotatable bonds is 4. The number of carbonyl (C=O) groups excluding carboxylic acids is 3. The second kappa shape index (κ2) is 8.75. The molecule has 1 saturated heterocycles. The topological polar surface area (TPSA) is 79.0 Å². The van der Waals surface area contributed by atoms with Crippen molar-refractivity contribution in [3.63, 3.8) is 0 Å². The molecule has 3 rings (SSSR count). The quantitative estimate of drug-likeness (QED) is 0.779. The van der Waals surface area contributed by atoms with E-state index in [9.17, 15) is 14.4 Å². The van der Waals surface area contributed by atoms with Gasteiger partial charge in [0, 0.05) is 29.8 Å². The van der Waals surface area contributed by atoms with Gasteiger partial charge in [-0.1, -0.05) is 19.1 Å². The first-order valence-corrected chi connectivity index (χ1v) is 10.0. The molecule has 1 fully saturated rings. The summed E-state index contributed by atoms with van der Waals surface area (Å²) in [7, 11) is 1.30. The molecule has 0 bridgehead atoms. The van der Waals surface area contributed by atoms with E-state index in [2.05, 4.69) is 12.2 Å². The second-order valence-electron chi connectivity index (χ2n) is 6.79. The number of ether oxygens (including phenoxy) is 1. The van der Waals surface area contributed by atoms with E-state index in [1.165, 1.54) is 7.11 Å². The summed E-state index contributed by atoms with van der Waals surface area (Å²) in [5.74, 6) is -0.749. The molecule has 1 N–H and O–H groups in total. The third kappa shape index (κ3) is 4.62. The molecule has 2 unspecified atom stereocenters. The fourth-order valence-corrected chi connectivity index (χ4v) is 4.53. The number of fused-ring (bicyclic) bond motifs is 1. The lowest BCUT2D eigenvalue weighted by atomic mass is 10.1. The molecule has 2 amide bonds. The first kappa shape index (κ1) is 19.7. The molecular weight excluding hydrogens is 366 g/mol. The van der Waals surface area contributed by atoms with Gasteiger partial charge in [0.05, 0.1) is 25.8 Å². The van der Waals surface area contributed by atoms with Gasteiger partial charge in [0.1, 0.15) is 6.04 Å². The summed E-state index contributed by atoms with van der Waals surface area (Å²) in [4.78, 5) is 41.7. The minimum Gasteiger partial charge on any atom is -0.469 e. The van der Waals surface area contributed by atoms with E-state index in [0.717, 1.165) is 17.0 Å². The molecule has 146 valence electrons. The van der Waals surface area contributed by atoms with Crippen LogP contribution in [0.25, 0.3) is 0 Å². The number of anilines is 1. The van der Waals surface area contributed by atoms with Crippen molar-refractivity contribution in [2.24, 2.45) is 0 Å². The van der Waals surface area contributed by atoms with Gasteiger partial charge in [0.15, 0.2) is 0 Å². The van der Waals surface area contributed by atoms with Gasteiger partial charge in [0.2, 0.25) is 11.8 Å². The predicted molar refractivity (Wildman–Crippen MR) is 104 cm³/mol. The molecule has 1 aromatic carbocycles. The molecule has 2 aliphatic rings. The third-order valence-electron chi connectivity index (χ3n) is 4.91. The van der Waals surface area contributed by atoms with Crippen molar-refractivity contribution in [2.75, 3.05) is 38.2 Å². The number of nitrogens with one attached hydrogen (secondary N) is 1. The van der Waals surface area contributed by atoms with E-state index < -0.39 is 12.0 Å². The minimum atomic E-state index is -0.675. The lowest BCUT2D eigenvalue weighted by Crippen LogP contribution is -2.58. The maximum Gasteiger partial charge on any atom is 0.307 e. The summed E-state index contributed by atoms with van der Waals surface area (Å²) in [6.07, 6.45) is 0.844. The number of hydrogen-bond acceptors (Lipinski definition) is 6. The molecule has 0 aliphatic carbocycles. The highest BCUT2D eigenvalue weighted by Gasteiger charge is 2.34. The van der Waals surface area contributed by atoms with Gasteiger partial charge in [0.25, 0.3) is 0 Å². The van der Waals surface area contributed by atoms with Crippen LogP contribution < -0.4 is 10.2 Å². The predicted octanol–water partition coefficient (Wildman–Crippen LogP) is 1.27. The molecule has 0 saturated carbocycles. The number of piperazine rings is 1. The fourth-order valence-electron chi connectivity index (χ4n) is 3.42. The lowest BCUT2D eigenvalue weighted by Gasteiger charge is -2.35. The highest BCUT2D eigenvalue weighted by Crippen LogP contribution is 2.37. The molecule has 27 heavy (non-hydrogen) atoms.